The van der Waals surface area contributed by atoms with E-state index in [1.54, 1.807) is 37.4 Å². The Kier molecular flexibility index (Phi) is 6.01. The molecular formula is C26H23ClN2O3. The summed E-state index contributed by atoms with van der Waals surface area (Å²) in [6, 6.07) is 22.2. The van der Waals surface area contributed by atoms with E-state index in [-0.39, 0.29) is 5.91 Å². The Morgan fingerprint density at radius 3 is 2.34 bits per heavy atom. The highest BCUT2D eigenvalue weighted by molar-refractivity contribution is 6.46. The summed E-state index contributed by atoms with van der Waals surface area (Å²) in [5.74, 6) is -0.265. The Morgan fingerprint density at radius 1 is 0.938 bits per heavy atom. The van der Waals surface area contributed by atoms with Gasteiger partial charge >= 0.3 is 0 Å². The first-order valence-corrected chi connectivity index (χ1v) is 10.6. The molecule has 1 aliphatic rings. The third-order valence-corrected chi connectivity index (χ3v) is 5.73. The number of methoxy groups -OCH3 is 1. The predicted octanol–water partition coefficient (Wildman–Crippen LogP) is 5.07. The van der Waals surface area contributed by atoms with E-state index < -0.39 is 5.91 Å². The molecule has 0 bridgehead atoms. The maximum atomic E-state index is 13.7. The number of carbonyl (C=O) groups is 2. The molecule has 0 fully saturated rings. The molecule has 162 valence electrons. The summed E-state index contributed by atoms with van der Waals surface area (Å²) >= 11 is 6.20. The maximum Gasteiger partial charge on any atom is 0.282 e. The highest BCUT2D eigenvalue weighted by Gasteiger charge is 2.43. The fourth-order valence-corrected chi connectivity index (χ4v) is 4.11. The Hall–Kier alpha value is -3.57. The number of ether oxygens (including phenoxy) is 1. The molecule has 6 heteroatoms. The van der Waals surface area contributed by atoms with E-state index in [0.29, 0.717) is 39.8 Å². The number of para-hydroxylation sites is 1. The zero-order valence-electron chi connectivity index (χ0n) is 18.1. The normalized spacial score (nSPS) is 13.7. The van der Waals surface area contributed by atoms with Gasteiger partial charge in [0, 0.05) is 24.2 Å². The Morgan fingerprint density at radius 2 is 1.62 bits per heavy atom. The van der Waals surface area contributed by atoms with E-state index in [0.717, 1.165) is 11.1 Å². The van der Waals surface area contributed by atoms with Gasteiger partial charge in [-0.05, 0) is 36.2 Å². The lowest BCUT2D eigenvalue weighted by molar-refractivity contribution is -0.120. The van der Waals surface area contributed by atoms with Crippen molar-refractivity contribution in [2.75, 3.05) is 19.1 Å². The molecule has 0 aliphatic carbocycles. The van der Waals surface area contributed by atoms with Crippen LogP contribution in [0.25, 0.3) is 5.57 Å². The van der Waals surface area contributed by atoms with Gasteiger partial charge in [0.2, 0.25) is 0 Å². The number of carbonyl (C=O) groups excluding carboxylic acids is 2. The van der Waals surface area contributed by atoms with Crippen LogP contribution in [-0.4, -0.2) is 30.9 Å². The van der Waals surface area contributed by atoms with Gasteiger partial charge in [0.1, 0.15) is 11.4 Å². The molecule has 3 aromatic carbocycles. The minimum absolute atomic E-state index is 0.310. The van der Waals surface area contributed by atoms with E-state index in [1.807, 2.05) is 61.3 Å². The molecule has 5 nitrogen and oxygen atoms in total. The van der Waals surface area contributed by atoms with Crippen LogP contribution in [0.3, 0.4) is 0 Å². The van der Waals surface area contributed by atoms with Gasteiger partial charge in [0.25, 0.3) is 11.8 Å². The van der Waals surface area contributed by atoms with E-state index in [2.05, 4.69) is 0 Å². The van der Waals surface area contributed by atoms with Gasteiger partial charge in [-0.1, -0.05) is 66.2 Å². The number of nitrogens with zero attached hydrogens (tertiary/aromatic N) is 2. The van der Waals surface area contributed by atoms with Crippen LogP contribution in [0.15, 0.2) is 78.5 Å². The molecule has 0 saturated heterocycles. The Bertz CT molecular complexity index is 1220. The number of hydrogen-bond acceptors (Lipinski definition) is 4. The van der Waals surface area contributed by atoms with Crippen molar-refractivity contribution in [3.63, 3.8) is 0 Å². The number of halogens is 1. The van der Waals surface area contributed by atoms with Crippen LogP contribution in [0, 0.1) is 6.92 Å². The number of hydrogen-bond donors (Lipinski definition) is 0. The average molecular weight is 447 g/mol. The number of aryl methyl sites for hydroxylation is 1. The predicted molar refractivity (Wildman–Crippen MR) is 127 cm³/mol. The SMILES string of the molecule is COc1ccccc1C1=C(N(C)Cc2ccccc2)C(=O)N(c2cc(Cl)ccc2C)C1=O. The highest BCUT2D eigenvalue weighted by Crippen LogP contribution is 2.39. The largest absolute Gasteiger partial charge is 0.496 e. The van der Waals surface area contributed by atoms with Gasteiger partial charge in [0.05, 0.1) is 18.4 Å². The molecule has 0 spiro atoms. The standard InChI is InChI=1S/C26H23ClN2O3/c1-17-13-14-19(27)15-21(17)29-25(30)23(20-11-7-8-12-22(20)32-3)24(26(29)31)28(2)16-18-9-5-4-6-10-18/h4-15H,16H2,1-3H3. The molecular weight excluding hydrogens is 424 g/mol. The third-order valence-electron chi connectivity index (χ3n) is 5.49. The van der Waals surface area contributed by atoms with Crippen LogP contribution < -0.4 is 9.64 Å². The van der Waals surface area contributed by atoms with Crippen molar-refractivity contribution in [3.05, 3.63) is 100 Å². The van der Waals surface area contributed by atoms with E-state index >= 15 is 0 Å². The number of benzene rings is 3. The molecule has 3 aromatic rings. The molecule has 2 amide bonds. The summed E-state index contributed by atoms with van der Waals surface area (Å²) in [5.41, 5.74) is 3.49. The minimum atomic E-state index is -0.403. The summed E-state index contributed by atoms with van der Waals surface area (Å²) in [4.78, 5) is 30.5. The Balaban J connectivity index is 1.87. The molecule has 1 heterocycles. The molecule has 4 rings (SSSR count). The average Bonchev–Trinajstić information content (AvgIpc) is 3.06. The van der Waals surface area contributed by atoms with Crippen molar-refractivity contribution >= 4 is 34.7 Å². The van der Waals surface area contributed by atoms with Crippen molar-refractivity contribution in [2.45, 2.75) is 13.5 Å². The molecule has 32 heavy (non-hydrogen) atoms. The maximum absolute atomic E-state index is 13.7. The fraction of sp³-hybridized carbons (Fsp3) is 0.154. The quantitative estimate of drug-likeness (QED) is 0.496. The number of likely N-dealkylation sites (N-methyl/N-ethyl adjacent to an activating group) is 1. The smallest absolute Gasteiger partial charge is 0.282 e. The number of rotatable bonds is 6. The van der Waals surface area contributed by atoms with Gasteiger partial charge in [-0.3, -0.25) is 9.59 Å². The topological polar surface area (TPSA) is 49.9 Å². The van der Waals surface area contributed by atoms with E-state index in [4.69, 9.17) is 16.3 Å². The van der Waals surface area contributed by atoms with Crippen molar-refractivity contribution < 1.29 is 14.3 Å². The summed E-state index contributed by atoms with van der Waals surface area (Å²) in [6.45, 7) is 2.32. The molecule has 0 N–H and O–H groups in total. The van der Waals surface area contributed by atoms with Crippen LogP contribution in [0.1, 0.15) is 16.7 Å². The monoisotopic (exact) mass is 446 g/mol. The summed E-state index contributed by atoms with van der Waals surface area (Å²) in [7, 11) is 3.37. The van der Waals surface area contributed by atoms with Crippen LogP contribution in [-0.2, 0) is 16.1 Å². The lowest BCUT2D eigenvalue weighted by Crippen LogP contribution is -2.34. The minimum Gasteiger partial charge on any atom is -0.496 e. The molecule has 0 radical (unpaired) electrons. The van der Waals surface area contributed by atoms with Crippen molar-refractivity contribution in [2.24, 2.45) is 0 Å². The first-order chi connectivity index (χ1) is 15.4. The van der Waals surface area contributed by atoms with Crippen molar-refractivity contribution in [3.8, 4) is 5.75 Å². The van der Waals surface area contributed by atoms with Crippen molar-refractivity contribution in [1.29, 1.82) is 0 Å². The van der Waals surface area contributed by atoms with Gasteiger partial charge in [-0.15, -0.1) is 0 Å². The Labute approximate surface area is 192 Å². The van der Waals surface area contributed by atoms with Crippen LogP contribution >= 0.6 is 11.6 Å². The van der Waals surface area contributed by atoms with Crippen LogP contribution in [0.5, 0.6) is 5.75 Å². The van der Waals surface area contributed by atoms with E-state index in [1.165, 1.54) is 4.90 Å². The molecule has 0 unspecified atom stereocenters. The third kappa shape index (κ3) is 3.87. The second-order valence-electron chi connectivity index (χ2n) is 7.64. The summed E-state index contributed by atoms with van der Waals surface area (Å²) in [6.07, 6.45) is 0. The van der Waals surface area contributed by atoms with Crippen molar-refractivity contribution in [1.82, 2.24) is 4.90 Å². The van der Waals surface area contributed by atoms with Crippen LogP contribution in [0.4, 0.5) is 5.69 Å². The number of amides is 2. The van der Waals surface area contributed by atoms with Crippen LogP contribution in [0.2, 0.25) is 5.02 Å². The summed E-state index contributed by atoms with van der Waals surface area (Å²) < 4.78 is 5.52. The van der Waals surface area contributed by atoms with Gasteiger partial charge in [-0.25, -0.2) is 4.90 Å². The number of anilines is 1. The lowest BCUT2D eigenvalue weighted by Gasteiger charge is -2.22. The molecule has 0 aromatic heterocycles. The summed E-state index contributed by atoms with van der Waals surface area (Å²) in [5, 5.41) is 0.455. The molecule has 0 saturated carbocycles. The van der Waals surface area contributed by atoms with Gasteiger partial charge in [-0.2, -0.15) is 0 Å². The first-order valence-electron chi connectivity index (χ1n) is 10.2. The number of imide groups is 1. The molecule has 0 atom stereocenters. The zero-order valence-corrected chi connectivity index (χ0v) is 18.9. The highest BCUT2D eigenvalue weighted by atomic mass is 35.5. The first kappa shape index (κ1) is 21.7. The van der Waals surface area contributed by atoms with Gasteiger partial charge < -0.3 is 9.64 Å². The zero-order chi connectivity index (χ0) is 22.8. The fourth-order valence-electron chi connectivity index (χ4n) is 3.94. The second kappa shape index (κ2) is 8.89. The molecule has 1 aliphatic heterocycles. The van der Waals surface area contributed by atoms with E-state index in [9.17, 15) is 9.59 Å². The van der Waals surface area contributed by atoms with Gasteiger partial charge in [0.15, 0.2) is 0 Å². The second-order valence-corrected chi connectivity index (χ2v) is 8.08. The lowest BCUT2D eigenvalue weighted by atomic mass is 10.0.